The molecule has 1 spiro atoms. The Morgan fingerprint density at radius 1 is 1.35 bits per heavy atom. The number of carbonyl (C=O) groups excluding carboxylic acids is 2. The Balaban J connectivity index is 2.20. The number of nitrogens with one attached hydrogen (secondary N) is 1. The van der Waals surface area contributed by atoms with Gasteiger partial charge in [-0.3, -0.25) is 14.9 Å². The lowest BCUT2D eigenvalue weighted by atomic mass is 9.63. The molecule has 2 aliphatic rings. The molecule has 1 N–H and O–H groups in total. The summed E-state index contributed by atoms with van der Waals surface area (Å²) < 4.78 is 0. The number of hydrogen-bond donors (Lipinski definition) is 1. The maximum atomic E-state index is 12.0. The van der Waals surface area contributed by atoms with Crippen molar-refractivity contribution in [1.29, 1.82) is 0 Å². The predicted molar refractivity (Wildman–Crippen MR) is 65.3 cm³/mol. The summed E-state index contributed by atoms with van der Waals surface area (Å²) in [5.41, 5.74) is -0.0536. The topological polar surface area (TPSA) is 49.4 Å². The minimum absolute atomic E-state index is 0.0346. The molecule has 2 fully saturated rings. The van der Waals surface area contributed by atoms with E-state index in [1.807, 2.05) is 0 Å². The second-order valence-corrected chi connectivity index (χ2v) is 5.60. The lowest BCUT2D eigenvalue weighted by Crippen LogP contribution is -2.55. The lowest BCUT2D eigenvalue weighted by molar-refractivity contribution is -0.146. The predicted octanol–water partition coefficient (Wildman–Crippen LogP) is 1.16. The van der Waals surface area contributed by atoms with Gasteiger partial charge in [-0.1, -0.05) is 13.3 Å². The van der Waals surface area contributed by atoms with Crippen molar-refractivity contribution in [2.24, 2.45) is 11.3 Å². The van der Waals surface area contributed by atoms with Crippen LogP contribution < -0.4 is 5.32 Å². The van der Waals surface area contributed by atoms with Crippen LogP contribution >= 0.6 is 0 Å². The Hall–Kier alpha value is -0.900. The van der Waals surface area contributed by atoms with Crippen LogP contribution in [0.25, 0.3) is 0 Å². The van der Waals surface area contributed by atoms with Crippen molar-refractivity contribution < 1.29 is 9.59 Å². The summed E-state index contributed by atoms with van der Waals surface area (Å²) in [6.07, 6.45) is 4.41. The number of carbonyl (C=O) groups is 2. The molecule has 0 saturated carbocycles. The third-order valence-electron chi connectivity index (χ3n) is 4.39. The third-order valence-corrected chi connectivity index (χ3v) is 4.39. The van der Waals surface area contributed by atoms with E-state index in [9.17, 15) is 9.59 Å². The molecule has 17 heavy (non-hydrogen) atoms. The molecule has 96 valence electrons. The molecular weight excluding hydrogens is 216 g/mol. The average Bonchev–Trinajstić information content (AvgIpc) is 2.28. The number of hydrogen-bond acceptors (Lipinski definition) is 3. The largest absolute Gasteiger partial charge is 0.306 e. The van der Waals surface area contributed by atoms with Crippen molar-refractivity contribution >= 4 is 11.8 Å². The Morgan fingerprint density at radius 3 is 2.59 bits per heavy atom. The quantitative estimate of drug-likeness (QED) is 0.734. The van der Waals surface area contributed by atoms with Gasteiger partial charge in [-0.2, -0.15) is 0 Å². The van der Waals surface area contributed by atoms with Crippen molar-refractivity contribution in [1.82, 2.24) is 10.2 Å². The Kier molecular flexibility index (Phi) is 3.52. The summed E-state index contributed by atoms with van der Waals surface area (Å²) in [4.78, 5) is 25.9. The van der Waals surface area contributed by atoms with Gasteiger partial charge in [-0.05, 0) is 44.8 Å². The zero-order chi connectivity index (χ0) is 12.5. The van der Waals surface area contributed by atoms with Gasteiger partial charge in [-0.25, -0.2) is 0 Å². The van der Waals surface area contributed by atoms with E-state index in [-0.39, 0.29) is 23.1 Å². The normalized spacial score (nSPS) is 29.4. The number of piperidine rings is 2. The van der Waals surface area contributed by atoms with E-state index in [1.54, 1.807) is 0 Å². The van der Waals surface area contributed by atoms with Gasteiger partial charge in [0.2, 0.25) is 11.8 Å². The van der Waals surface area contributed by atoms with Crippen LogP contribution in [-0.2, 0) is 9.59 Å². The average molecular weight is 238 g/mol. The van der Waals surface area contributed by atoms with Gasteiger partial charge >= 0.3 is 0 Å². The van der Waals surface area contributed by atoms with Crippen molar-refractivity contribution in [3.05, 3.63) is 0 Å². The van der Waals surface area contributed by atoms with Gasteiger partial charge < -0.3 is 4.90 Å². The Bertz CT molecular complexity index is 319. The highest BCUT2D eigenvalue weighted by Crippen LogP contribution is 2.45. The first-order chi connectivity index (χ1) is 8.07. The van der Waals surface area contributed by atoms with E-state index >= 15 is 0 Å². The highest BCUT2D eigenvalue weighted by molar-refractivity contribution is 5.99. The van der Waals surface area contributed by atoms with Crippen LogP contribution in [0, 0.1) is 11.3 Å². The van der Waals surface area contributed by atoms with Gasteiger partial charge in [0, 0.05) is 12.3 Å². The van der Waals surface area contributed by atoms with Crippen molar-refractivity contribution in [3.8, 4) is 0 Å². The minimum atomic E-state index is -0.0769. The van der Waals surface area contributed by atoms with Crippen molar-refractivity contribution in [2.45, 2.75) is 39.0 Å². The molecule has 2 rings (SSSR count). The molecule has 0 radical (unpaired) electrons. The van der Waals surface area contributed by atoms with Gasteiger partial charge in [0.1, 0.15) is 0 Å². The molecule has 4 heteroatoms. The summed E-state index contributed by atoms with van der Waals surface area (Å²) in [5.74, 6) is -0.0709. The van der Waals surface area contributed by atoms with Crippen LogP contribution in [0.3, 0.4) is 0 Å². The summed E-state index contributed by atoms with van der Waals surface area (Å²) in [6.45, 7) is 4.11. The second-order valence-electron chi connectivity index (χ2n) is 5.60. The summed E-state index contributed by atoms with van der Waals surface area (Å²) >= 11 is 0. The van der Waals surface area contributed by atoms with E-state index in [0.717, 1.165) is 38.8 Å². The summed E-state index contributed by atoms with van der Waals surface area (Å²) in [7, 11) is 2.10. The minimum Gasteiger partial charge on any atom is -0.306 e. The number of nitrogens with zero attached hydrogens (tertiary/aromatic N) is 1. The molecule has 2 aliphatic heterocycles. The van der Waals surface area contributed by atoms with Gasteiger partial charge in [0.25, 0.3) is 0 Å². The van der Waals surface area contributed by atoms with Crippen molar-refractivity contribution in [3.63, 3.8) is 0 Å². The number of likely N-dealkylation sites (tertiary alicyclic amines) is 1. The molecule has 1 atom stereocenters. The highest BCUT2D eigenvalue weighted by Gasteiger charge is 2.48. The van der Waals surface area contributed by atoms with E-state index in [0.29, 0.717) is 6.42 Å². The maximum absolute atomic E-state index is 12.0. The molecule has 1 unspecified atom stereocenters. The second kappa shape index (κ2) is 4.77. The third kappa shape index (κ3) is 2.37. The zero-order valence-corrected chi connectivity index (χ0v) is 10.8. The standard InChI is InChI=1S/C13H22N2O2/c1-3-4-10-12(17)14-11(16)9-13(10)5-7-15(2)8-6-13/h10H,3-9H2,1-2H3,(H,14,16,17). The van der Waals surface area contributed by atoms with Crippen molar-refractivity contribution in [2.75, 3.05) is 20.1 Å². The van der Waals surface area contributed by atoms with E-state index in [2.05, 4.69) is 24.2 Å². The molecule has 4 nitrogen and oxygen atoms in total. The number of rotatable bonds is 2. The SMILES string of the molecule is CCCC1C(=O)NC(=O)CC12CCN(C)CC2. The molecule has 0 aromatic rings. The van der Waals surface area contributed by atoms with E-state index in [4.69, 9.17) is 0 Å². The molecule has 0 bridgehead atoms. The lowest BCUT2D eigenvalue weighted by Gasteiger charge is -2.47. The molecule has 0 aromatic carbocycles. The Morgan fingerprint density at radius 2 is 2.00 bits per heavy atom. The smallest absolute Gasteiger partial charge is 0.230 e. The highest BCUT2D eigenvalue weighted by atomic mass is 16.2. The fourth-order valence-corrected chi connectivity index (χ4v) is 3.30. The van der Waals surface area contributed by atoms with Gasteiger partial charge in [0.05, 0.1) is 0 Å². The van der Waals surface area contributed by atoms with Crippen LogP contribution in [0.2, 0.25) is 0 Å². The number of imide groups is 1. The van der Waals surface area contributed by atoms with E-state index in [1.165, 1.54) is 0 Å². The summed E-state index contributed by atoms with van der Waals surface area (Å²) in [6, 6.07) is 0. The van der Waals surface area contributed by atoms with E-state index < -0.39 is 0 Å². The maximum Gasteiger partial charge on any atom is 0.230 e. The number of amides is 2. The summed E-state index contributed by atoms with van der Waals surface area (Å²) in [5, 5.41) is 2.51. The van der Waals surface area contributed by atoms with Crippen LogP contribution in [0.15, 0.2) is 0 Å². The van der Waals surface area contributed by atoms with Crippen LogP contribution in [-0.4, -0.2) is 36.9 Å². The molecule has 0 aliphatic carbocycles. The van der Waals surface area contributed by atoms with Crippen LogP contribution in [0.4, 0.5) is 0 Å². The molecule has 2 saturated heterocycles. The fraction of sp³-hybridized carbons (Fsp3) is 0.846. The van der Waals surface area contributed by atoms with Crippen LogP contribution in [0.5, 0.6) is 0 Å². The Labute approximate surface area is 103 Å². The first kappa shape index (κ1) is 12.6. The molecule has 2 amide bonds. The van der Waals surface area contributed by atoms with Gasteiger partial charge in [0.15, 0.2) is 0 Å². The first-order valence-electron chi connectivity index (χ1n) is 6.59. The molecule has 2 heterocycles. The zero-order valence-electron chi connectivity index (χ0n) is 10.8. The van der Waals surface area contributed by atoms with Gasteiger partial charge in [-0.15, -0.1) is 0 Å². The first-order valence-corrected chi connectivity index (χ1v) is 6.59. The molecular formula is C13H22N2O2. The van der Waals surface area contributed by atoms with Crippen LogP contribution in [0.1, 0.15) is 39.0 Å². The fourth-order valence-electron chi connectivity index (χ4n) is 3.30. The monoisotopic (exact) mass is 238 g/mol. The molecule has 0 aromatic heterocycles.